The van der Waals surface area contributed by atoms with E-state index in [1.54, 1.807) is 18.2 Å². The largest absolute Gasteiger partial charge is 0.492 e. The molecular formula is C16H25N3O2. The minimum atomic E-state index is -0.0817. The van der Waals surface area contributed by atoms with Gasteiger partial charge in [-0.15, -0.1) is 0 Å². The highest BCUT2D eigenvalue weighted by Crippen LogP contribution is 2.22. The molecule has 3 N–H and O–H groups in total. The summed E-state index contributed by atoms with van der Waals surface area (Å²) in [6.45, 7) is 6.34. The second-order valence-corrected chi connectivity index (χ2v) is 5.34. The first-order valence-electron chi connectivity index (χ1n) is 7.73. The molecule has 1 aromatic rings. The second kappa shape index (κ2) is 7.88. The summed E-state index contributed by atoms with van der Waals surface area (Å²) in [4.78, 5) is 14.5. The number of hydrogen-bond donors (Lipinski definition) is 2. The van der Waals surface area contributed by atoms with Crippen LogP contribution in [0.4, 0.5) is 5.69 Å². The first-order chi connectivity index (χ1) is 10.2. The molecule has 0 atom stereocenters. The van der Waals surface area contributed by atoms with E-state index in [0.29, 0.717) is 30.2 Å². The number of anilines is 1. The van der Waals surface area contributed by atoms with Gasteiger partial charge in [-0.3, -0.25) is 4.79 Å². The third-order valence-corrected chi connectivity index (χ3v) is 3.73. The van der Waals surface area contributed by atoms with Gasteiger partial charge in [-0.2, -0.15) is 0 Å². The maximum atomic E-state index is 12.1. The van der Waals surface area contributed by atoms with Crippen molar-refractivity contribution in [2.75, 3.05) is 38.5 Å². The van der Waals surface area contributed by atoms with Gasteiger partial charge in [0.1, 0.15) is 5.75 Å². The van der Waals surface area contributed by atoms with Crippen molar-refractivity contribution in [2.24, 2.45) is 0 Å². The summed E-state index contributed by atoms with van der Waals surface area (Å²) in [5, 5.41) is 2.95. The molecular weight excluding hydrogens is 266 g/mol. The smallest absolute Gasteiger partial charge is 0.251 e. The Balaban J connectivity index is 1.81. The molecule has 1 fully saturated rings. The average Bonchev–Trinajstić information content (AvgIpc) is 2.50. The van der Waals surface area contributed by atoms with Gasteiger partial charge in [0.05, 0.1) is 12.3 Å². The molecule has 1 aromatic carbocycles. The van der Waals surface area contributed by atoms with E-state index in [9.17, 15) is 4.79 Å². The minimum Gasteiger partial charge on any atom is -0.492 e. The molecule has 1 aliphatic rings. The lowest BCUT2D eigenvalue weighted by Gasteiger charge is -2.26. The molecule has 1 amide bonds. The normalized spacial score (nSPS) is 15.7. The number of likely N-dealkylation sites (tertiary alicyclic amines) is 1. The van der Waals surface area contributed by atoms with Crippen molar-refractivity contribution < 1.29 is 9.53 Å². The number of benzene rings is 1. The van der Waals surface area contributed by atoms with Gasteiger partial charge >= 0.3 is 0 Å². The number of piperidine rings is 1. The molecule has 0 spiro atoms. The molecule has 5 heteroatoms. The number of nitrogens with two attached hydrogens (primary N) is 1. The maximum absolute atomic E-state index is 12.1. The van der Waals surface area contributed by atoms with Crippen LogP contribution in [0.3, 0.4) is 0 Å². The second-order valence-electron chi connectivity index (χ2n) is 5.34. The predicted molar refractivity (Wildman–Crippen MR) is 84.6 cm³/mol. The topological polar surface area (TPSA) is 67.6 Å². The standard InChI is InChI=1S/C16H25N3O2/c1-2-21-15-7-6-13(12-14(15)17)16(20)18-8-11-19-9-4-3-5-10-19/h6-7,12H,2-5,8-11,17H2,1H3,(H,18,20). The van der Waals surface area contributed by atoms with Gasteiger partial charge in [-0.1, -0.05) is 6.42 Å². The van der Waals surface area contributed by atoms with Gasteiger partial charge in [0.2, 0.25) is 0 Å². The number of carbonyl (C=O) groups is 1. The SMILES string of the molecule is CCOc1ccc(C(=O)NCCN2CCCCC2)cc1N. The van der Waals surface area contributed by atoms with Crippen molar-refractivity contribution in [1.82, 2.24) is 10.2 Å². The molecule has 0 aliphatic carbocycles. The lowest BCUT2D eigenvalue weighted by molar-refractivity contribution is 0.0946. The Labute approximate surface area is 126 Å². The number of amides is 1. The zero-order valence-corrected chi connectivity index (χ0v) is 12.7. The number of rotatable bonds is 6. The molecule has 2 rings (SSSR count). The summed E-state index contributed by atoms with van der Waals surface area (Å²) >= 11 is 0. The van der Waals surface area contributed by atoms with E-state index in [-0.39, 0.29) is 5.91 Å². The van der Waals surface area contributed by atoms with Crippen LogP contribution in [0, 0.1) is 0 Å². The molecule has 0 aromatic heterocycles. The van der Waals surface area contributed by atoms with Gasteiger partial charge < -0.3 is 20.7 Å². The highest BCUT2D eigenvalue weighted by Gasteiger charge is 2.11. The Morgan fingerprint density at radius 2 is 2.10 bits per heavy atom. The number of nitrogens with zero attached hydrogens (tertiary/aromatic N) is 1. The van der Waals surface area contributed by atoms with E-state index in [4.69, 9.17) is 10.5 Å². The maximum Gasteiger partial charge on any atom is 0.251 e. The zero-order valence-electron chi connectivity index (χ0n) is 12.7. The Morgan fingerprint density at radius 3 is 2.76 bits per heavy atom. The third-order valence-electron chi connectivity index (χ3n) is 3.73. The Hall–Kier alpha value is -1.75. The quantitative estimate of drug-likeness (QED) is 0.785. The van der Waals surface area contributed by atoms with Crippen LogP contribution < -0.4 is 15.8 Å². The molecule has 0 unspecified atom stereocenters. The van der Waals surface area contributed by atoms with E-state index in [1.165, 1.54) is 19.3 Å². The predicted octanol–water partition coefficient (Wildman–Crippen LogP) is 1.88. The van der Waals surface area contributed by atoms with E-state index >= 15 is 0 Å². The molecule has 1 heterocycles. The average molecular weight is 291 g/mol. The van der Waals surface area contributed by atoms with E-state index in [2.05, 4.69) is 10.2 Å². The number of nitrogens with one attached hydrogen (secondary N) is 1. The summed E-state index contributed by atoms with van der Waals surface area (Å²) in [6, 6.07) is 5.16. The fourth-order valence-corrected chi connectivity index (χ4v) is 2.59. The van der Waals surface area contributed by atoms with Crippen molar-refractivity contribution in [2.45, 2.75) is 26.2 Å². The third kappa shape index (κ3) is 4.63. The Morgan fingerprint density at radius 1 is 1.33 bits per heavy atom. The first kappa shape index (κ1) is 15.6. The van der Waals surface area contributed by atoms with Crippen LogP contribution in [0.2, 0.25) is 0 Å². The van der Waals surface area contributed by atoms with Crippen LogP contribution in [-0.2, 0) is 0 Å². The van der Waals surface area contributed by atoms with Crippen LogP contribution in [0.15, 0.2) is 18.2 Å². The molecule has 116 valence electrons. The van der Waals surface area contributed by atoms with Crippen LogP contribution in [0.1, 0.15) is 36.5 Å². The van der Waals surface area contributed by atoms with Crippen LogP contribution in [0.5, 0.6) is 5.75 Å². The minimum absolute atomic E-state index is 0.0817. The molecule has 1 saturated heterocycles. The van der Waals surface area contributed by atoms with Gasteiger partial charge in [0.15, 0.2) is 0 Å². The summed E-state index contributed by atoms with van der Waals surface area (Å²) in [5.41, 5.74) is 6.96. The van der Waals surface area contributed by atoms with Crippen molar-refractivity contribution in [3.8, 4) is 5.75 Å². The zero-order chi connectivity index (χ0) is 15.1. The van der Waals surface area contributed by atoms with E-state index in [0.717, 1.165) is 19.6 Å². The summed E-state index contributed by atoms with van der Waals surface area (Å²) in [7, 11) is 0. The molecule has 0 radical (unpaired) electrons. The number of hydrogen-bond acceptors (Lipinski definition) is 4. The van der Waals surface area contributed by atoms with E-state index in [1.807, 2.05) is 6.92 Å². The lowest BCUT2D eigenvalue weighted by Crippen LogP contribution is -2.37. The molecule has 21 heavy (non-hydrogen) atoms. The van der Waals surface area contributed by atoms with Gasteiger partial charge in [-0.05, 0) is 51.1 Å². The molecule has 0 bridgehead atoms. The lowest BCUT2D eigenvalue weighted by atomic mass is 10.1. The number of ether oxygens (including phenoxy) is 1. The fourth-order valence-electron chi connectivity index (χ4n) is 2.59. The van der Waals surface area contributed by atoms with Crippen LogP contribution in [0.25, 0.3) is 0 Å². The molecule has 0 saturated carbocycles. The van der Waals surface area contributed by atoms with Crippen molar-refractivity contribution in [3.05, 3.63) is 23.8 Å². The first-order valence-corrected chi connectivity index (χ1v) is 7.73. The van der Waals surface area contributed by atoms with Gasteiger partial charge in [-0.25, -0.2) is 0 Å². The fraction of sp³-hybridized carbons (Fsp3) is 0.562. The highest BCUT2D eigenvalue weighted by molar-refractivity contribution is 5.95. The summed E-state index contributed by atoms with van der Waals surface area (Å²) < 4.78 is 5.37. The van der Waals surface area contributed by atoms with Gasteiger partial charge in [0.25, 0.3) is 5.91 Å². The summed E-state index contributed by atoms with van der Waals surface area (Å²) in [5.74, 6) is 0.545. The molecule has 1 aliphatic heterocycles. The van der Waals surface area contributed by atoms with Crippen LogP contribution in [-0.4, -0.2) is 43.6 Å². The van der Waals surface area contributed by atoms with Gasteiger partial charge in [0, 0.05) is 18.7 Å². The van der Waals surface area contributed by atoms with E-state index < -0.39 is 0 Å². The summed E-state index contributed by atoms with van der Waals surface area (Å²) in [6.07, 6.45) is 3.86. The van der Waals surface area contributed by atoms with Crippen molar-refractivity contribution in [1.29, 1.82) is 0 Å². The molecule has 5 nitrogen and oxygen atoms in total. The number of nitrogen functional groups attached to an aromatic ring is 1. The Kier molecular flexibility index (Phi) is 5.87. The van der Waals surface area contributed by atoms with Crippen LogP contribution >= 0.6 is 0 Å². The number of carbonyl (C=O) groups excluding carboxylic acids is 1. The van der Waals surface area contributed by atoms with Crippen molar-refractivity contribution in [3.63, 3.8) is 0 Å². The Bertz CT molecular complexity index is 471. The monoisotopic (exact) mass is 291 g/mol. The van der Waals surface area contributed by atoms with Crippen molar-refractivity contribution >= 4 is 11.6 Å². The highest BCUT2D eigenvalue weighted by atomic mass is 16.5.